The first-order valence-corrected chi connectivity index (χ1v) is 10.0. The van der Waals surface area contributed by atoms with Crippen LogP contribution in [0.1, 0.15) is 23.5 Å². The minimum absolute atomic E-state index is 0.0594. The molecule has 164 valence electrons. The number of hydrogen-bond acceptors (Lipinski definition) is 5. The molecule has 0 spiro atoms. The second kappa shape index (κ2) is 8.93. The Morgan fingerprint density at radius 2 is 1.72 bits per heavy atom. The second-order valence-corrected chi connectivity index (χ2v) is 7.51. The number of carboxylic acid groups (broad SMARTS) is 1. The van der Waals surface area contributed by atoms with Gasteiger partial charge in [-0.05, 0) is 22.3 Å². The van der Waals surface area contributed by atoms with Crippen molar-refractivity contribution in [2.45, 2.75) is 18.4 Å². The predicted molar refractivity (Wildman–Crippen MR) is 116 cm³/mol. The van der Waals surface area contributed by atoms with Crippen molar-refractivity contribution in [3.05, 3.63) is 72.1 Å². The van der Waals surface area contributed by atoms with Gasteiger partial charge in [-0.1, -0.05) is 48.5 Å². The summed E-state index contributed by atoms with van der Waals surface area (Å²) >= 11 is 0. The van der Waals surface area contributed by atoms with E-state index in [1.165, 1.54) is 10.9 Å². The van der Waals surface area contributed by atoms with Crippen molar-refractivity contribution >= 4 is 23.7 Å². The number of amides is 2. The van der Waals surface area contributed by atoms with E-state index in [4.69, 9.17) is 9.84 Å². The van der Waals surface area contributed by atoms with E-state index in [1.54, 1.807) is 13.2 Å². The third-order valence-electron chi connectivity index (χ3n) is 5.30. The zero-order valence-corrected chi connectivity index (χ0v) is 17.3. The van der Waals surface area contributed by atoms with E-state index in [9.17, 15) is 14.4 Å². The number of carbonyl (C=O) groups is 3. The molecule has 9 nitrogen and oxygen atoms in total. The van der Waals surface area contributed by atoms with Gasteiger partial charge >= 0.3 is 12.1 Å². The first-order chi connectivity index (χ1) is 15.4. The molecular formula is C23H22N4O5. The smallest absolute Gasteiger partial charge is 0.407 e. The third-order valence-corrected chi connectivity index (χ3v) is 5.30. The molecular weight excluding hydrogens is 412 g/mol. The number of benzene rings is 2. The van der Waals surface area contributed by atoms with Gasteiger partial charge in [-0.3, -0.25) is 14.3 Å². The third kappa shape index (κ3) is 4.46. The Balaban J connectivity index is 1.42. The molecule has 32 heavy (non-hydrogen) atoms. The summed E-state index contributed by atoms with van der Waals surface area (Å²) in [6.45, 7) is 0.0594. The molecule has 9 heteroatoms. The number of aliphatic carboxylic acids is 1. The Labute approximate surface area is 184 Å². The van der Waals surface area contributed by atoms with Crippen LogP contribution in [0, 0.1) is 0 Å². The van der Waals surface area contributed by atoms with Crippen molar-refractivity contribution in [1.29, 1.82) is 0 Å². The highest BCUT2D eigenvalue weighted by molar-refractivity contribution is 5.98. The molecule has 3 aromatic rings. The molecule has 1 unspecified atom stereocenters. The Morgan fingerprint density at radius 3 is 2.28 bits per heavy atom. The fourth-order valence-corrected chi connectivity index (χ4v) is 3.88. The molecule has 1 heterocycles. The van der Waals surface area contributed by atoms with E-state index < -0.39 is 30.4 Å². The summed E-state index contributed by atoms with van der Waals surface area (Å²) in [6.07, 6.45) is 1.53. The number of aryl methyl sites for hydroxylation is 1. The van der Waals surface area contributed by atoms with Gasteiger partial charge in [-0.15, -0.1) is 0 Å². The zero-order valence-electron chi connectivity index (χ0n) is 17.3. The maximum absolute atomic E-state index is 12.5. The summed E-state index contributed by atoms with van der Waals surface area (Å²) in [5, 5.41) is 18.0. The fraction of sp³-hybridized carbons (Fsp3) is 0.217. The van der Waals surface area contributed by atoms with Gasteiger partial charge in [-0.2, -0.15) is 5.10 Å². The Hall–Kier alpha value is -4.14. The lowest BCUT2D eigenvalue weighted by atomic mass is 9.98. The number of alkyl carbamates (subject to hydrolysis) is 1. The van der Waals surface area contributed by atoms with Gasteiger partial charge in [0.05, 0.1) is 18.3 Å². The van der Waals surface area contributed by atoms with Crippen molar-refractivity contribution in [2.75, 3.05) is 11.9 Å². The first-order valence-electron chi connectivity index (χ1n) is 10.0. The molecule has 1 aliphatic carbocycles. The molecule has 2 aromatic carbocycles. The summed E-state index contributed by atoms with van der Waals surface area (Å²) < 4.78 is 6.90. The van der Waals surface area contributed by atoms with E-state index in [1.807, 2.05) is 48.5 Å². The van der Waals surface area contributed by atoms with Crippen molar-refractivity contribution < 1.29 is 24.2 Å². The molecule has 0 aliphatic heterocycles. The van der Waals surface area contributed by atoms with E-state index in [2.05, 4.69) is 15.7 Å². The molecule has 0 bridgehead atoms. The summed E-state index contributed by atoms with van der Waals surface area (Å²) in [4.78, 5) is 36.2. The molecule has 0 saturated carbocycles. The highest BCUT2D eigenvalue weighted by Crippen LogP contribution is 2.44. The first kappa shape index (κ1) is 21.1. The Morgan fingerprint density at radius 1 is 1.09 bits per heavy atom. The maximum Gasteiger partial charge on any atom is 0.407 e. The van der Waals surface area contributed by atoms with Crippen molar-refractivity contribution in [3.8, 4) is 11.1 Å². The molecule has 1 aromatic heterocycles. The summed E-state index contributed by atoms with van der Waals surface area (Å²) in [5.74, 6) is -2.04. The molecule has 0 saturated heterocycles. The second-order valence-electron chi connectivity index (χ2n) is 7.51. The lowest BCUT2D eigenvalue weighted by molar-refractivity contribution is -0.139. The van der Waals surface area contributed by atoms with Crippen molar-refractivity contribution in [1.82, 2.24) is 15.1 Å². The molecule has 2 amide bonds. The predicted octanol–water partition coefficient (Wildman–Crippen LogP) is 2.74. The van der Waals surface area contributed by atoms with Crippen LogP contribution in [0.15, 0.2) is 60.9 Å². The SMILES string of the molecule is Cn1cc(NC(=O)C(CC(=O)O)NC(=O)OCC2c3ccccc3-c3ccccc32)cn1. The van der Waals surface area contributed by atoms with Crippen molar-refractivity contribution in [2.24, 2.45) is 7.05 Å². The van der Waals surface area contributed by atoms with Crippen LogP contribution < -0.4 is 10.6 Å². The van der Waals surface area contributed by atoms with Gasteiger partial charge < -0.3 is 20.5 Å². The number of carbonyl (C=O) groups excluding carboxylic acids is 2. The zero-order chi connectivity index (χ0) is 22.7. The van der Waals surface area contributed by atoms with Gasteiger partial charge in [0.15, 0.2) is 0 Å². The monoisotopic (exact) mass is 434 g/mol. The van der Waals surface area contributed by atoms with E-state index in [0.29, 0.717) is 5.69 Å². The number of nitrogens with zero attached hydrogens (tertiary/aromatic N) is 2. The van der Waals surface area contributed by atoms with Gasteiger partial charge in [0, 0.05) is 19.2 Å². The topological polar surface area (TPSA) is 123 Å². The highest BCUT2D eigenvalue weighted by atomic mass is 16.5. The van der Waals surface area contributed by atoms with E-state index >= 15 is 0 Å². The molecule has 0 fully saturated rings. The number of fused-ring (bicyclic) bond motifs is 3. The number of rotatable bonds is 7. The Bertz CT molecular complexity index is 1130. The number of carboxylic acids is 1. The number of ether oxygens (including phenoxy) is 1. The van der Waals surface area contributed by atoms with Crippen LogP contribution in [-0.2, 0) is 21.4 Å². The van der Waals surface area contributed by atoms with E-state index in [0.717, 1.165) is 22.3 Å². The molecule has 4 rings (SSSR count). The summed E-state index contributed by atoms with van der Waals surface area (Å²) in [5.41, 5.74) is 4.69. The van der Waals surface area contributed by atoms with Crippen LogP contribution in [0.4, 0.5) is 10.5 Å². The molecule has 1 aliphatic rings. The lowest BCUT2D eigenvalue weighted by Gasteiger charge is -2.18. The van der Waals surface area contributed by atoms with E-state index in [-0.39, 0.29) is 12.5 Å². The van der Waals surface area contributed by atoms with Gasteiger partial charge in [-0.25, -0.2) is 4.79 Å². The van der Waals surface area contributed by atoms with Crippen LogP contribution in [0.5, 0.6) is 0 Å². The van der Waals surface area contributed by atoms with Crippen LogP contribution in [0.2, 0.25) is 0 Å². The number of hydrogen-bond donors (Lipinski definition) is 3. The molecule has 3 N–H and O–H groups in total. The summed E-state index contributed by atoms with van der Waals surface area (Å²) in [7, 11) is 1.68. The normalized spacial score (nSPS) is 13.0. The average molecular weight is 434 g/mol. The van der Waals surface area contributed by atoms with Crippen LogP contribution >= 0.6 is 0 Å². The Kier molecular flexibility index (Phi) is 5.89. The summed E-state index contributed by atoms with van der Waals surface area (Å²) in [6, 6.07) is 14.5. The number of anilines is 1. The average Bonchev–Trinajstić information content (AvgIpc) is 3.32. The largest absolute Gasteiger partial charge is 0.481 e. The molecule has 0 radical (unpaired) electrons. The van der Waals surface area contributed by atoms with Crippen LogP contribution in [-0.4, -0.2) is 45.5 Å². The molecule has 1 atom stereocenters. The van der Waals surface area contributed by atoms with Gasteiger partial charge in [0.25, 0.3) is 0 Å². The highest BCUT2D eigenvalue weighted by Gasteiger charge is 2.30. The quantitative estimate of drug-likeness (QED) is 0.526. The lowest BCUT2D eigenvalue weighted by Crippen LogP contribution is -2.45. The van der Waals surface area contributed by atoms with Crippen LogP contribution in [0.25, 0.3) is 11.1 Å². The maximum atomic E-state index is 12.5. The van der Waals surface area contributed by atoms with Crippen molar-refractivity contribution in [3.63, 3.8) is 0 Å². The standard InChI is InChI=1S/C23H22N4O5/c1-27-12-14(11-24-27)25-22(30)20(10-21(28)29)26-23(31)32-13-19-17-8-4-2-6-15(17)16-7-3-5-9-18(16)19/h2-9,11-12,19-20H,10,13H2,1H3,(H,25,30)(H,26,31)(H,28,29). The fourth-order valence-electron chi connectivity index (χ4n) is 3.88. The minimum Gasteiger partial charge on any atom is -0.481 e. The van der Waals surface area contributed by atoms with Gasteiger partial charge in [0.2, 0.25) is 5.91 Å². The number of aromatic nitrogens is 2. The minimum atomic E-state index is -1.30. The van der Waals surface area contributed by atoms with Gasteiger partial charge in [0.1, 0.15) is 12.6 Å². The van der Waals surface area contributed by atoms with Crippen LogP contribution in [0.3, 0.4) is 0 Å². The number of nitrogens with one attached hydrogen (secondary N) is 2.